The lowest BCUT2D eigenvalue weighted by molar-refractivity contribution is 0.0697. The van der Waals surface area contributed by atoms with Crippen LogP contribution in [0, 0.1) is 17.1 Å². The molecule has 1 aromatic heterocycles. The monoisotopic (exact) mass is 291 g/mol. The van der Waals surface area contributed by atoms with Crippen molar-refractivity contribution in [2.75, 3.05) is 5.32 Å². The highest BCUT2D eigenvalue weighted by atomic mass is 35.5. The lowest BCUT2D eigenvalue weighted by Crippen LogP contribution is -2.01. The first-order valence-electron chi connectivity index (χ1n) is 5.37. The van der Waals surface area contributed by atoms with E-state index < -0.39 is 11.8 Å². The van der Waals surface area contributed by atoms with Crippen LogP contribution in [0.25, 0.3) is 0 Å². The van der Waals surface area contributed by atoms with Crippen molar-refractivity contribution in [1.29, 1.82) is 5.26 Å². The predicted octanol–water partition coefficient (Wildman–Crippen LogP) is 3.19. The van der Waals surface area contributed by atoms with Crippen LogP contribution in [0.4, 0.5) is 15.9 Å². The van der Waals surface area contributed by atoms with E-state index in [1.807, 2.05) is 0 Å². The van der Waals surface area contributed by atoms with Gasteiger partial charge >= 0.3 is 5.97 Å². The van der Waals surface area contributed by atoms with Crippen molar-refractivity contribution >= 4 is 29.1 Å². The molecule has 0 atom stereocenters. The molecule has 0 bridgehead atoms. The lowest BCUT2D eigenvalue weighted by atomic mass is 10.2. The van der Waals surface area contributed by atoms with Gasteiger partial charge in [-0.25, -0.2) is 14.2 Å². The summed E-state index contributed by atoms with van der Waals surface area (Å²) >= 11 is 5.72. The Balaban J connectivity index is 2.35. The van der Waals surface area contributed by atoms with E-state index in [1.165, 1.54) is 24.3 Å². The van der Waals surface area contributed by atoms with E-state index in [-0.39, 0.29) is 22.1 Å². The molecule has 7 heteroatoms. The van der Waals surface area contributed by atoms with Gasteiger partial charge < -0.3 is 10.4 Å². The first-order valence-corrected chi connectivity index (χ1v) is 5.75. The van der Waals surface area contributed by atoms with Crippen molar-refractivity contribution in [3.63, 3.8) is 0 Å². The smallest absolute Gasteiger partial charge is 0.335 e. The summed E-state index contributed by atoms with van der Waals surface area (Å²) in [6.45, 7) is 0. The van der Waals surface area contributed by atoms with Crippen LogP contribution in [-0.2, 0) is 0 Å². The van der Waals surface area contributed by atoms with Gasteiger partial charge in [0.1, 0.15) is 22.9 Å². The number of carbonyl (C=O) groups is 1. The van der Waals surface area contributed by atoms with Gasteiger partial charge in [0.2, 0.25) is 0 Å². The molecule has 0 saturated carbocycles. The zero-order chi connectivity index (χ0) is 14.7. The maximum Gasteiger partial charge on any atom is 0.335 e. The van der Waals surface area contributed by atoms with Gasteiger partial charge in [-0.2, -0.15) is 5.26 Å². The number of anilines is 2. The van der Waals surface area contributed by atoms with Gasteiger partial charge in [-0.3, -0.25) is 0 Å². The quantitative estimate of drug-likeness (QED) is 0.848. The highest BCUT2D eigenvalue weighted by Gasteiger charge is 2.09. The van der Waals surface area contributed by atoms with Gasteiger partial charge in [-0.1, -0.05) is 11.6 Å². The SMILES string of the molecule is N#Cc1cc(Nc2cc(C(=O)O)cc(Cl)n2)ccc1F. The number of nitrogens with one attached hydrogen (secondary N) is 1. The molecule has 0 radical (unpaired) electrons. The Bertz CT molecular complexity index is 728. The number of pyridine rings is 1. The Kier molecular flexibility index (Phi) is 3.82. The molecule has 2 N–H and O–H groups in total. The fourth-order valence-corrected chi connectivity index (χ4v) is 1.73. The number of aromatic carboxylic acids is 1. The number of rotatable bonds is 3. The Morgan fingerprint density at radius 3 is 2.80 bits per heavy atom. The molecule has 0 aliphatic heterocycles. The maximum absolute atomic E-state index is 13.2. The molecule has 2 rings (SSSR count). The topological polar surface area (TPSA) is 86.0 Å². The molecular formula is C13H7ClFN3O2. The number of benzene rings is 1. The Labute approximate surface area is 118 Å². The first kappa shape index (κ1) is 13.8. The second-order valence-corrected chi connectivity index (χ2v) is 4.19. The van der Waals surface area contributed by atoms with Gasteiger partial charge in [0.15, 0.2) is 0 Å². The Hall–Kier alpha value is -2.65. The van der Waals surface area contributed by atoms with Gasteiger partial charge in [0.05, 0.1) is 11.1 Å². The third-order valence-corrected chi connectivity index (χ3v) is 2.59. The Morgan fingerprint density at radius 2 is 2.15 bits per heavy atom. The first-order chi connectivity index (χ1) is 9.49. The molecule has 0 unspecified atom stereocenters. The minimum Gasteiger partial charge on any atom is -0.478 e. The predicted molar refractivity (Wildman–Crippen MR) is 70.6 cm³/mol. The molecule has 5 nitrogen and oxygen atoms in total. The van der Waals surface area contributed by atoms with Crippen molar-refractivity contribution in [3.8, 4) is 6.07 Å². The standard InChI is InChI=1S/C13H7ClFN3O2/c14-11-4-7(13(19)20)5-12(18-11)17-9-1-2-10(15)8(3-9)6-16/h1-5H,(H,17,18)(H,19,20). The van der Waals surface area contributed by atoms with Crippen molar-refractivity contribution in [2.24, 2.45) is 0 Å². The van der Waals surface area contributed by atoms with Crippen LogP contribution in [0.2, 0.25) is 5.15 Å². The summed E-state index contributed by atoms with van der Waals surface area (Å²) < 4.78 is 13.2. The zero-order valence-electron chi connectivity index (χ0n) is 9.89. The third-order valence-electron chi connectivity index (χ3n) is 2.40. The highest BCUT2D eigenvalue weighted by molar-refractivity contribution is 6.29. The van der Waals surface area contributed by atoms with E-state index in [1.54, 1.807) is 6.07 Å². The van der Waals surface area contributed by atoms with E-state index in [2.05, 4.69) is 10.3 Å². The van der Waals surface area contributed by atoms with E-state index in [4.69, 9.17) is 22.0 Å². The van der Waals surface area contributed by atoms with Crippen LogP contribution in [0.1, 0.15) is 15.9 Å². The second kappa shape index (κ2) is 5.55. The minimum atomic E-state index is -1.14. The highest BCUT2D eigenvalue weighted by Crippen LogP contribution is 2.21. The molecule has 0 aliphatic rings. The molecule has 1 aromatic carbocycles. The average Bonchev–Trinajstić information content (AvgIpc) is 2.40. The van der Waals surface area contributed by atoms with Crippen molar-refractivity contribution < 1.29 is 14.3 Å². The number of nitriles is 1. The van der Waals surface area contributed by atoms with Gasteiger partial charge in [0.25, 0.3) is 0 Å². The summed E-state index contributed by atoms with van der Waals surface area (Å²) in [5.41, 5.74) is 0.236. The number of carboxylic acids is 1. The number of aromatic nitrogens is 1. The third kappa shape index (κ3) is 3.02. The fourth-order valence-electron chi connectivity index (χ4n) is 1.52. The molecule has 2 aromatic rings. The van der Waals surface area contributed by atoms with Gasteiger partial charge in [0, 0.05) is 5.69 Å². The number of halogens is 2. The average molecular weight is 292 g/mol. The van der Waals surface area contributed by atoms with Gasteiger partial charge in [-0.15, -0.1) is 0 Å². The fraction of sp³-hybridized carbons (Fsp3) is 0. The summed E-state index contributed by atoms with van der Waals surface area (Å²) in [6.07, 6.45) is 0. The van der Waals surface area contributed by atoms with Crippen LogP contribution in [0.5, 0.6) is 0 Å². The number of carboxylic acid groups (broad SMARTS) is 1. The van der Waals surface area contributed by atoms with E-state index in [0.29, 0.717) is 5.69 Å². The molecule has 0 spiro atoms. The van der Waals surface area contributed by atoms with Gasteiger partial charge in [-0.05, 0) is 30.3 Å². The molecule has 0 aliphatic carbocycles. The normalized spacial score (nSPS) is 9.85. The summed E-state index contributed by atoms with van der Waals surface area (Å²) in [4.78, 5) is 14.8. The summed E-state index contributed by atoms with van der Waals surface area (Å²) in [5, 5.41) is 20.4. The lowest BCUT2D eigenvalue weighted by Gasteiger charge is -2.07. The van der Waals surface area contributed by atoms with E-state index >= 15 is 0 Å². The van der Waals surface area contributed by atoms with Crippen LogP contribution in [0.15, 0.2) is 30.3 Å². The maximum atomic E-state index is 13.2. The summed E-state index contributed by atoms with van der Waals surface area (Å²) in [6, 6.07) is 8.02. The second-order valence-electron chi connectivity index (χ2n) is 3.80. The Morgan fingerprint density at radius 1 is 1.40 bits per heavy atom. The van der Waals surface area contributed by atoms with Crippen molar-refractivity contribution in [1.82, 2.24) is 4.98 Å². The summed E-state index contributed by atoms with van der Waals surface area (Å²) in [7, 11) is 0. The van der Waals surface area contributed by atoms with Crippen LogP contribution < -0.4 is 5.32 Å². The summed E-state index contributed by atoms with van der Waals surface area (Å²) in [5.74, 6) is -1.59. The zero-order valence-corrected chi connectivity index (χ0v) is 10.6. The van der Waals surface area contributed by atoms with Crippen molar-refractivity contribution in [2.45, 2.75) is 0 Å². The molecule has 0 amide bonds. The molecule has 1 heterocycles. The van der Waals surface area contributed by atoms with E-state index in [0.717, 1.165) is 6.07 Å². The number of hydrogen-bond acceptors (Lipinski definition) is 4. The molecule has 100 valence electrons. The molecular weight excluding hydrogens is 285 g/mol. The van der Waals surface area contributed by atoms with Crippen LogP contribution in [0.3, 0.4) is 0 Å². The minimum absolute atomic E-state index is 0.00928. The largest absolute Gasteiger partial charge is 0.478 e. The molecule has 0 saturated heterocycles. The van der Waals surface area contributed by atoms with E-state index in [9.17, 15) is 9.18 Å². The number of hydrogen-bond donors (Lipinski definition) is 2. The number of nitrogens with zero attached hydrogens (tertiary/aromatic N) is 2. The van der Waals surface area contributed by atoms with Crippen molar-refractivity contribution in [3.05, 3.63) is 52.4 Å². The van der Waals surface area contributed by atoms with Crippen LogP contribution in [-0.4, -0.2) is 16.1 Å². The molecule has 0 fully saturated rings. The molecule has 20 heavy (non-hydrogen) atoms. The van der Waals surface area contributed by atoms with Crippen LogP contribution >= 0.6 is 11.6 Å².